The summed E-state index contributed by atoms with van der Waals surface area (Å²) in [4.78, 5) is 4.62. The highest BCUT2D eigenvalue weighted by Crippen LogP contribution is 2.36. The van der Waals surface area contributed by atoms with Crippen LogP contribution in [-0.4, -0.2) is 28.8 Å². The lowest BCUT2D eigenvalue weighted by molar-refractivity contribution is 0.174. The molecule has 0 aliphatic carbocycles. The molecule has 0 atom stereocenters. The quantitative estimate of drug-likeness (QED) is 0.776. The van der Waals surface area contributed by atoms with Gasteiger partial charge in [-0.2, -0.15) is 5.10 Å². The van der Waals surface area contributed by atoms with Crippen molar-refractivity contribution in [3.8, 4) is 11.5 Å². The molecule has 1 aromatic heterocycles. The topological polar surface area (TPSA) is 48.6 Å². The van der Waals surface area contributed by atoms with Gasteiger partial charge in [-0.3, -0.25) is 9.67 Å². The van der Waals surface area contributed by atoms with Crippen molar-refractivity contribution in [2.24, 2.45) is 12.0 Å². The van der Waals surface area contributed by atoms with E-state index in [0.29, 0.717) is 6.79 Å². The smallest absolute Gasteiger partial charge is 0.231 e. The monoisotopic (exact) mass is 255 g/mol. The highest BCUT2D eigenvalue weighted by Gasteiger charge is 2.23. The fraction of sp³-hybridized carbons (Fsp3) is 0.286. The maximum atomic E-state index is 5.45. The van der Waals surface area contributed by atoms with E-state index in [9.17, 15) is 0 Å². The minimum atomic E-state index is 0.300. The van der Waals surface area contributed by atoms with Crippen molar-refractivity contribution in [2.45, 2.75) is 6.42 Å². The number of aliphatic imine (C=N–C) groups is 1. The van der Waals surface area contributed by atoms with E-state index in [2.05, 4.69) is 16.2 Å². The molecule has 0 N–H and O–H groups in total. The number of aromatic nitrogens is 2. The SMILES string of the molecule is Cn1ccc(C2=NCCc3cc4c(cc32)OCO4)n1. The van der Waals surface area contributed by atoms with Gasteiger partial charge in [-0.05, 0) is 30.2 Å². The Bertz CT molecular complexity index is 688. The highest BCUT2D eigenvalue weighted by molar-refractivity contribution is 6.13. The molecule has 5 heteroatoms. The Kier molecular flexibility index (Phi) is 2.15. The van der Waals surface area contributed by atoms with Crippen molar-refractivity contribution in [1.82, 2.24) is 9.78 Å². The molecule has 2 aromatic rings. The number of hydrogen-bond donors (Lipinski definition) is 0. The molecule has 0 bridgehead atoms. The lowest BCUT2D eigenvalue weighted by atomic mass is 9.95. The fourth-order valence-electron chi connectivity index (χ4n) is 2.55. The fourth-order valence-corrected chi connectivity index (χ4v) is 2.55. The number of ether oxygens (including phenoxy) is 2. The summed E-state index contributed by atoms with van der Waals surface area (Å²) in [6.45, 7) is 1.09. The summed E-state index contributed by atoms with van der Waals surface area (Å²) in [6, 6.07) is 6.07. The van der Waals surface area contributed by atoms with Crippen molar-refractivity contribution in [1.29, 1.82) is 0 Å². The third kappa shape index (κ3) is 1.62. The normalized spacial score (nSPS) is 16.2. The maximum absolute atomic E-state index is 5.45. The van der Waals surface area contributed by atoms with Crippen LogP contribution in [0.2, 0.25) is 0 Å². The Hall–Kier alpha value is -2.30. The van der Waals surface area contributed by atoms with Crippen LogP contribution < -0.4 is 9.47 Å². The molecular weight excluding hydrogens is 242 g/mol. The minimum absolute atomic E-state index is 0.300. The molecule has 2 aliphatic heterocycles. The molecule has 5 nitrogen and oxygen atoms in total. The van der Waals surface area contributed by atoms with Crippen LogP contribution in [0.3, 0.4) is 0 Å². The third-order valence-corrected chi connectivity index (χ3v) is 3.46. The van der Waals surface area contributed by atoms with Gasteiger partial charge >= 0.3 is 0 Å². The van der Waals surface area contributed by atoms with E-state index in [4.69, 9.17) is 9.47 Å². The van der Waals surface area contributed by atoms with Crippen molar-refractivity contribution in [3.63, 3.8) is 0 Å². The van der Waals surface area contributed by atoms with E-state index in [1.807, 2.05) is 25.4 Å². The van der Waals surface area contributed by atoms with Crippen LogP contribution in [0.1, 0.15) is 16.8 Å². The second kappa shape index (κ2) is 3.85. The van der Waals surface area contributed by atoms with E-state index in [1.54, 1.807) is 4.68 Å². The second-order valence-electron chi connectivity index (χ2n) is 4.72. The zero-order valence-electron chi connectivity index (χ0n) is 10.6. The molecule has 0 saturated carbocycles. The van der Waals surface area contributed by atoms with Crippen LogP contribution in [-0.2, 0) is 13.5 Å². The van der Waals surface area contributed by atoms with Crippen molar-refractivity contribution in [3.05, 3.63) is 41.2 Å². The largest absolute Gasteiger partial charge is 0.454 e. The Labute approximate surface area is 110 Å². The third-order valence-electron chi connectivity index (χ3n) is 3.46. The lowest BCUT2D eigenvalue weighted by Gasteiger charge is -2.16. The van der Waals surface area contributed by atoms with Gasteiger partial charge < -0.3 is 9.47 Å². The van der Waals surface area contributed by atoms with E-state index < -0.39 is 0 Å². The Morgan fingerprint density at radius 2 is 2.05 bits per heavy atom. The van der Waals surface area contributed by atoms with E-state index in [0.717, 1.165) is 41.4 Å². The van der Waals surface area contributed by atoms with Crippen LogP contribution >= 0.6 is 0 Å². The first-order chi connectivity index (χ1) is 9.31. The maximum Gasteiger partial charge on any atom is 0.231 e. The number of fused-ring (bicyclic) bond motifs is 2. The summed E-state index contributed by atoms with van der Waals surface area (Å²) in [7, 11) is 1.91. The average Bonchev–Trinajstić information content (AvgIpc) is 3.03. The van der Waals surface area contributed by atoms with E-state index in [-0.39, 0.29) is 0 Å². The second-order valence-corrected chi connectivity index (χ2v) is 4.72. The van der Waals surface area contributed by atoms with E-state index in [1.165, 1.54) is 5.56 Å². The minimum Gasteiger partial charge on any atom is -0.454 e. The highest BCUT2D eigenvalue weighted by atomic mass is 16.7. The van der Waals surface area contributed by atoms with Gasteiger partial charge in [0.15, 0.2) is 11.5 Å². The van der Waals surface area contributed by atoms with Crippen molar-refractivity contribution >= 4 is 5.71 Å². The number of benzene rings is 1. The Morgan fingerprint density at radius 3 is 2.84 bits per heavy atom. The molecule has 0 amide bonds. The molecule has 19 heavy (non-hydrogen) atoms. The zero-order chi connectivity index (χ0) is 12.8. The first-order valence-electron chi connectivity index (χ1n) is 6.28. The zero-order valence-corrected chi connectivity index (χ0v) is 10.6. The molecular formula is C14H13N3O2. The van der Waals surface area contributed by atoms with Gasteiger partial charge in [-0.1, -0.05) is 0 Å². The summed E-state index contributed by atoms with van der Waals surface area (Å²) in [5.74, 6) is 1.63. The summed E-state index contributed by atoms with van der Waals surface area (Å²) in [6.07, 6.45) is 2.86. The number of nitrogens with zero attached hydrogens (tertiary/aromatic N) is 3. The molecule has 0 spiro atoms. The van der Waals surface area contributed by atoms with Crippen LogP contribution in [0.25, 0.3) is 0 Å². The standard InChI is InChI=1S/C14H13N3O2/c1-17-5-3-11(16-17)14-10-7-13-12(18-8-19-13)6-9(10)2-4-15-14/h3,5-7H,2,4,8H2,1H3. The van der Waals surface area contributed by atoms with Crippen LogP contribution in [0.4, 0.5) is 0 Å². The lowest BCUT2D eigenvalue weighted by Crippen LogP contribution is -2.15. The van der Waals surface area contributed by atoms with Gasteiger partial charge in [0.05, 0.1) is 5.71 Å². The molecule has 96 valence electrons. The number of rotatable bonds is 1. The van der Waals surface area contributed by atoms with E-state index >= 15 is 0 Å². The van der Waals surface area contributed by atoms with Gasteiger partial charge in [0, 0.05) is 25.4 Å². The summed E-state index contributed by atoms with van der Waals surface area (Å²) >= 11 is 0. The predicted molar refractivity (Wildman–Crippen MR) is 70.0 cm³/mol. The molecule has 1 aromatic carbocycles. The number of hydrogen-bond acceptors (Lipinski definition) is 4. The molecule has 2 aliphatic rings. The molecule has 0 unspecified atom stereocenters. The summed E-state index contributed by atoms with van der Waals surface area (Å²) < 4.78 is 12.7. The Balaban J connectivity index is 1.86. The van der Waals surface area contributed by atoms with Gasteiger partial charge in [-0.25, -0.2) is 0 Å². The van der Waals surface area contributed by atoms with Gasteiger partial charge in [0.1, 0.15) is 5.69 Å². The molecule has 3 heterocycles. The molecule has 4 rings (SSSR count). The summed E-state index contributed by atoms with van der Waals surface area (Å²) in [5, 5.41) is 4.44. The van der Waals surface area contributed by atoms with Gasteiger partial charge in [0.25, 0.3) is 0 Å². The first kappa shape index (κ1) is 10.6. The van der Waals surface area contributed by atoms with Crippen LogP contribution in [0.5, 0.6) is 11.5 Å². The van der Waals surface area contributed by atoms with Gasteiger partial charge in [0.2, 0.25) is 6.79 Å². The first-order valence-corrected chi connectivity index (χ1v) is 6.28. The number of aryl methyl sites for hydroxylation is 1. The van der Waals surface area contributed by atoms with Crippen LogP contribution in [0, 0.1) is 0 Å². The molecule has 0 saturated heterocycles. The van der Waals surface area contributed by atoms with Crippen molar-refractivity contribution < 1.29 is 9.47 Å². The summed E-state index contributed by atoms with van der Waals surface area (Å²) in [5.41, 5.74) is 4.21. The van der Waals surface area contributed by atoms with Crippen LogP contribution in [0.15, 0.2) is 29.4 Å². The molecule has 0 fully saturated rings. The average molecular weight is 255 g/mol. The van der Waals surface area contributed by atoms with Crippen molar-refractivity contribution in [2.75, 3.05) is 13.3 Å². The Morgan fingerprint density at radius 1 is 1.21 bits per heavy atom. The van der Waals surface area contributed by atoms with Gasteiger partial charge in [-0.15, -0.1) is 0 Å². The molecule has 0 radical (unpaired) electrons. The predicted octanol–water partition coefficient (Wildman–Crippen LogP) is 1.54.